The van der Waals surface area contributed by atoms with Crippen molar-refractivity contribution < 1.29 is 13.2 Å². The molecule has 0 heterocycles. The van der Waals surface area contributed by atoms with Crippen LogP contribution in [0.4, 0.5) is 13.2 Å². The van der Waals surface area contributed by atoms with Crippen molar-refractivity contribution >= 4 is 5.57 Å². The van der Waals surface area contributed by atoms with Crippen molar-refractivity contribution in [2.24, 2.45) is 5.92 Å². The highest BCUT2D eigenvalue weighted by Crippen LogP contribution is 2.39. The Morgan fingerprint density at radius 2 is 1.71 bits per heavy atom. The van der Waals surface area contributed by atoms with Gasteiger partial charge in [-0.05, 0) is 84.8 Å². The maximum atomic E-state index is 14.9. The summed E-state index contributed by atoms with van der Waals surface area (Å²) in [5.41, 5.74) is 3.67. The lowest BCUT2D eigenvalue weighted by atomic mass is 9.77. The van der Waals surface area contributed by atoms with E-state index in [2.05, 4.69) is 13.0 Å². The van der Waals surface area contributed by atoms with Gasteiger partial charge in [-0.25, -0.2) is 13.2 Å². The number of fused-ring (bicyclic) bond motifs is 1. The summed E-state index contributed by atoms with van der Waals surface area (Å²) in [6.07, 6.45) is 9.89. The molecule has 0 N–H and O–H groups in total. The zero-order valence-electron chi connectivity index (χ0n) is 16.4. The highest BCUT2D eigenvalue weighted by Gasteiger charge is 2.24. The van der Waals surface area contributed by atoms with Crippen LogP contribution in [0.2, 0.25) is 0 Å². The number of benzene rings is 2. The normalized spacial score (nSPS) is 21.9. The third-order valence-corrected chi connectivity index (χ3v) is 6.58. The monoisotopic (exact) mass is 384 g/mol. The molecule has 0 unspecified atom stereocenters. The second-order valence-corrected chi connectivity index (χ2v) is 8.35. The number of halogens is 3. The SMILES string of the molecule is CCCC1CCC(c2ccc(C3=CCc4c(ccc(F)c4F)C3)c(F)c2)CC1. The topological polar surface area (TPSA) is 0 Å². The van der Waals surface area contributed by atoms with Crippen LogP contribution < -0.4 is 0 Å². The van der Waals surface area contributed by atoms with Crippen LogP contribution in [-0.4, -0.2) is 0 Å². The number of hydrogen-bond acceptors (Lipinski definition) is 0. The fraction of sp³-hybridized carbons (Fsp3) is 0.440. The number of rotatable bonds is 4. The van der Waals surface area contributed by atoms with Gasteiger partial charge in [-0.1, -0.05) is 44.0 Å². The minimum atomic E-state index is -0.820. The van der Waals surface area contributed by atoms with Gasteiger partial charge in [0.2, 0.25) is 0 Å². The molecule has 1 fully saturated rings. The van der Waals surface area contributed by atoms with Crippen molar-refractivity contribution in [3.8, 4) is 0 Å². The lowest BCUT2D eigenvalue weighted by molar-refractivity contribution is 0.308. The fourth-order valence-corrected chi connectivity index (χ4v) is 4.97. The van der Waals surface area contributed by atoms with Gasteiger partial charge in [0.25, 0.3) is 0 Å². The van der Waals surface area contributed by atoms with Crippen LogP contribution in [0.25, 0.3) is 5.57 Å². The minimum Gasteiger partial charge on any atom is -0.206 e. The molecule has 2 aliphatic carbocycles. The number of allylic oxidation sites excluding steroid dienone is 2. The highest BCUT2D eigenvalue weighted by atomic mass is 19.2. The Kier molecular flexibility index (Phi) is 5.61. The van der Waals surface area contributed by atoms with E-state index in [0.717, 1.165) is 41.5 Å². The third kappa shape index (κ3) is 3.76. The van der Waals surface area contributed by atoms with Gasteiger partial charge in [0.05, 0.1) is 0 Å². The molecule has 0 saturated heterocycles. The van der Waals surface area contributed by atoms with Gasteiger partial charge >= 0.3 is 0 Å². The van der Waals surface area contributed by atoms with Crippen LogP contribution in [0.5, 0.6) is 0 Å². The van der Waals surface area contributed by atoms with E-state index in [4.69, 9.17) is 0 Å². The molecule has 0 atom stereocenters. The summed E-state index contributed by atoms with van der Waals surface area (Å²) < 4.78 is 42.3. The summed E-state index contributed by atoms with van der Waals surface area (Å²) in [5.74, 6) is -0.509. The van der Waals surface area contributed by atoms with Crippen molar-refractivity contribution in [1.82, 2.24) is 0 Å². The Morgan fingerprint density at radius 1 is 0.929 bits per heavy atom. The van der Waals surface area contributed by atoms with Crippen molar-refractivity contribution in [2.45, 2.75) is 64.2 Å². The van der Waals surface area contributed by atoms with Crippen LogP contribution in [-0.2, 0) is 12.8 Å². The zero-order chi connectivity index (χ0) is 19.7. The molecule has 0 amide bonds. The summed E-state index contributed by atoms with van der Waals surface area (Å²) in [6, 6.07) is 8.40. The van der Waals surface area contributed by atoms with Gasteiger partial charge in [-0.3, -0.25) is 0 Å². The van der Waals surface area contributed by atoms with Crippen molar-refractivity contribution in [1.29, 1.82) is 0 Å². The Balaban J connectivity index is 1.50. The summed E-state index contributed by atoms with van der Waals surface area (Å²) in [6.45, 7) is 2.24. The zero-order valence-corrected chi connectivity index (χ0v) is 16.4. The first kappa shape index (κ1) is 19.3. The van der Waals surface area contributed by atoms with E-state index in [0.29, 0.717) is 29.9 Å². The molecule has 0 bridgehead atoms. The van der Waals surface area contributed by atoms with E-state index in [1.807, 2.05) is 12.1 Å². The standard InChI is InChI=1S/C25H27F3/c1-2-3-16-4-6-17(7-5-16)18-8-11-21(24(27)15-18)19-9-12-22-20(14-19)10-13-23(26)25(22)28/h8-11,13,15-17H,2-7,12,14H2,1H3. The van der Waals surface area contributed by atoms with Crippen molar-refractivity contribution in [3.05, 3.63) is 76.1 Å². The average molecular weight is 384 g/mol. The van der Waals surface area contributed by atoms with Crippen LogP contribution in [0.3, 0.4) is 0 Å². The molecule has 4 rings (SSSR count). The highest BCUT2D eigenvalue weighted by molar-refractivity contribution is 5.71. The smallest absolute Gasteiger partial charge is 0.162 e. The Labute approximate surface area is 165 Å². The van der Waals surface area contributed by atoms with Gasteiger partial charge in [0.1, 0.15) is 5.82 Å². The molecule has 2 aromatic rings. The minimum absolute atomic E-state index is 0.203. The molecule has 0 spiro atoms. The van der Waals surface area contributed by atoms with E-state index in [1.54, 1.807) is 12.1 Å². The van der Waals surface area contributed by atoms with E-state index in [1.165, 1.54) is 25.7 Å². The van der Waals surface area contributed by atoms with E-state index in [-0.39, 0.29) is 5.82 Å². The summed E-state index contributed by atoms with van der Waals surface area (Å²) in [4.78, 5) is 0. The Bertz CT molecular complexity index is 889. The largest absolute Gasteiger partial charge is 0.206 e. The second-order valence-electron chi connectivity index (χ2n) is 8.35. The molecule has 3 heteroatoms. The van der Waals surface area contributed by atoms with Crippen LogP contribution in [0.1, 0.15) is 73.6 Å². The lowest BCUT2D eigenvalue weighted by Crippen LogP contribution is -2.13. The summed E-state index contributed by atoms with van der Waals surface area (Å²) >= 11 is 0. The average Bonchev–Trinajstić information content (AvgIpc) is 2.71. The van der Waals surface area contributed by atoms with Gasteiger partial charge in [0.15, 0.2) is 11.6 Å². The predicted octanol–water partition coefficient (Wildman–Crippen LogP) is 7.36. The first-order valence-electron chi connectivity index (χ1n) is 10.5. The van der Waals surface area contributed by atoms with Crippen LogP contribution in [0.15, 0.2) is 36.4 Å². The molecule has 148 valence electrons. The van der Waals surface area contributed by atoms with E-state index >= 15 is 0 Å². The number of hydrogen-bond donors (Lipinski definition) is 0. The first-order valence-corrected chi connectivity index (χ1v) is 10.5. The molecule has 0 radical (unpaired) electrons. The lowest BCUT2D eigenvalue weighted by Gasteiger charge is -2.29. The molecular formula is C25H27F3. The van der Waals surface area contributed by atoms with Crippen LogP contribution in [0, 0.1) is 23.4 Å². The van der Waals surface area contributed by atoms with Gasteiger partial charge in [-0.15, -0.1) is 0 Å². The molecular weight excluding hydrogens is 357 g/mol. The summed E-state index contributed by atoms with van der Waals surface area (Å²) in [7, 11) is 0. The molecule has 0 aliphatic heterocycles. The van der Waals surface area contributed by atoms with Crippen molar-refractivity contribution in [3.63, 3.8) is 0 Å². The fourth-order valence-electron chi connectivity index (χ4n) is 4.97. The molecule has 0 nitrogen and oxygen atoms in total. The summed E-state index contributed by atoms with van der Waals surface area (Å²) in [5, 5.41) is 0. The Hall–Kier alpha value is -2.03. The maximum Gasteiger partial charge on any atom is 0.162 e. The van der Waals surface area contributed by atoms with Crippen molar-refractivity contribution in [2.75, 3.05) is 0 Å². The Morgan fingerprint density at radius 3 is 2.43 bits per heavy atom. The van der Waals surface area contributed by atoms with E-state index < -0.39 is 11.6 Å². The first-order chi connectivity index (χ1) is 13.6. The molecule has 2 aromatic carbocycles. The van der Waals surface area contributed by atoms with Gasteiger partial charge in [0, 0.05) is 5.56 Å². The quantitative estimate of drug-likeness (QED) is 0.516. The van der Waals surface area contributed by atoms with Gasteiger partial charge in [-0.2, -0.15) is 0 Å². The molecule has 28 heavy (non-hydrogen) atoms. The van der Waals surface area contributed by atoms with E-state index in [9.17, 15) is 13.2 Å². The third-order valence-electron chi connectivity index (χ3n) is 6.58. The molecule has 2 aliphatic rings. The van der Waals surface area contributed by atoms with Gasteiger partial charge < -0.3 is 0 Å². The second kappa shape index (κ2) is 8.14. The molecule has 1 saturated carbocycles. The van der Waals surface area contributed by atoms with Crippen LogP contribution >= 0.6 is 0 Å². The predicted molar refractivity (Wildman–Crippen MR) is 108 cm³/mol. The molecule has 0 aromatic heterocycles. The maximum absolute atomic E-state index is 14.9.